The second-order valence-corrected chi connectivity index (χ2v) is 2.93. The molecule has 1 heterocycles. The van der Waals surface area contributed by atoms with E-state index < -0.39 is 35.2 Å². The van der Waals surface area contributed by atoms with Gasteiger partial charge in [-0.2, -0.15) is 13.2 Å². The van der Waals surface area contributed by atoms with Gasteiger partial charge in [0.05, 0.1) is 18.2 Å². The van der Waals surface area contributed by atoms with Gasteiger partial charge in [0.2, 0.25) is 0 Å². The summed E-state index contributed by atoms with van der Waals surface area (Å²) in [6.45, 7) is 0. The van der Waals surface area contributed by atoms with Crippen LogP contribution in [0.1, 0.15) is 28.0 Å². The van der Waals surface area contributed by atoms with Gasteiger partial charge in [-0.1, -0.05) is 0 Å². The molecular formula is C9H6F5NO2. The van der Waals surface area contributed by atoms with Crippen LogP contribution in [0.25, 0.3) is 0 Å². The zero-order valence-electron chi connectivity index (χ0n) is 8.39. The number of hydrogen-bond acceptors (Lipinski definition) is 3. The van der Waals surface area contributed by atoms with Gasteiger partial charge in [-0.3, -0.25) is 4.79 Å². The van der Waals surface area contributed by atoms with E-state index in [9.17, 15) is 26.7 Å². The van der Waals surface area contributed by atoms with Gasteiger partial charge in [0.25, 0.3) is 6.43 Å². The molecule has 1 aromatic rings. The second-order valence-electron chi connectivity index (χ2n) is 2.93. The predicted molar refractivity (Wildman–Crippen MR) is 46.1 cm³/mol. The van der Waals surface area contributed by atoms with Gasteiger partial charge in [0.15, 0.2) is 17.7 Å². The summed E-state index contributed by atoms with van der Waals surface area (Å²) >= 11 is 0. The van der Waals surface area contributed by atoms with E-state index in [0.29, 0.717) is 6.20 Å². The molecule has 0 amide bonds. The van der Waals surface area contributed by atoms with E-state index in [1.54, 1.807) is 0 Å². The summed E-state index contributed by atoms with van der Waals surface area (Å²) in [6, 6.07) is 0. The van der Waals surface area contributed by atoms with Gasteiger partial charge in [0, 0.05) is 6.20 Å². The van der Waals surface area contributed by atoms with Crippen LogP contribution < -0.4 is 4.74 Å². The molecule has 8 heteroatoms. The van der Waals surface area contributed by atoms with Gasteiger partial charge >= 0.3 is 6.18 Å². The minimum atomic E-state index is -4.89. The summed E-state index contributed by atoms with van der Waals surface area (Å²) in [5.74, 6) is -0.995. The van der Waals surface area contributed by atoms with Gasteiger partial charge in [-0.25, -0.2) is 13.8 Å². The minimum Gasteiger partial charge on any atom is -0.494 e. The van der Waals surface area contributed by atoms with Gasteiger partial charge < -0.3 is 4.74 Å². The van der Waals surface area contributed by atoms with E-state index in [1.165, 1.54) is 0 Å². The lowest BCUT2D eigenvalue weighted by Crippen LogP contribution is -2.13. The highest BCUT2D eigenvalue weighted by Crippen LogP contribution is 2.38. The quantitative estimate of drug-likeness (QED) is 0.615. The standard InChI is InChI=1S/C9H6F5NO2/c1-17-6-5(3-16)4(8(10)11)2-15-7(6)9(12,13)14/h2-3,8H,1H3. The molecule has 0 fully saturated rings. The molecule has 3 nitrogen and oxygen atoms in total. The first-order valence-corrected chi connectivity index (χ1v) is 4.20. The number of nitrogens with zero attached hydrogens (tertiary/aromatic N) is 1. The van der Waals surface area contributed by atoms with Crippen molar-refractivity contribution in [1.82, 2.24) is 4.98 Å². The van der Waals surface area contributed by atoms with E-state index in [0.717, 1.165) is 7.11 Å². The number of carbonyl (C=O) groups excluding carboxylic acids is 1. The van der Waals surface area contributed by atoms with Crippen molar-refractivity contribution in [3.05, 3.63) is 23.0 Å². The summed E-state index contributed by atoms with van der Waals surface area (Å²) in [5.41, 5.74) is -3.25. The molecule has 1 aromatic heterocycles. The Hall–Kier alpha value is -1.73. The fourth-order valence-electron chi connectivity index (χ4n) is 1.22. The Balaban J connectivity index is 3.54. The lowest BCUT2D eigenvalue weighted by molar-refractivity contribution is -0.142. The number of hydrogen-bond donors (Lipinski definition) is 0. The first-order valence-electron chi connectivity index (χ1n) is 4.20. The Morgan fingerprint density at radius 1 is 1.41 bits per heavy atom. The lowest BCUT2D eigenvalue weighted by Gasteiger charge is -2.14. The number of carbonyl (C=O) groups is 1. The highest BCUT2D eigenvalue weighted by atomic mass is 19.4. The maximum Gasteiger partial charge on any atom is 0.437 e. The van der Waals surface area contributed by atoms with Crippen LogP contribution in [0.5, 0.6) is 5.75 Å². The first kappa shape index (κ1) is 13.3. The van der Waals surface area contributed by atoms with E-state index in [-0.39, 0.29) is 6.29 Å². The Bertz CT molecular complexity index is 430. The van der Waals surface area contributed by atoms with Crippen molar-refractivity contribution in [2.45, 2.75) is 12.6 Å². The smallest absolute Gasteiger partial charge is 0.437 e. The number of aromatic nitrogens is 1. The van der Waals surface area contributed by atoms with Crippen molar-refractivity contribution in [2.24, 2.45) is 0 Å². The molecular weight excluding hydrogens is 249 g/mol. The van der Waals surface area contributed by atoms with Crippen LogP contribution in [0.4, 0.5) is 22.0 Å². The van der Waals surface area contributed by atoms with Crippen LogP contribution in [0.2, 0.25) is 0 Å². The molecule has 0 aliphatic heterocycles. The topological polar surface area (TPSA) is 39.2 Å². The molecule has 0 unspecified atom stereocenters. The fraction of sp³-hybridized carbons (Fsp3) is 0.333. The third-order valence-electron chi connectivity index (χ3n) is 1.93. The Kier molecular flexibility index (Phi) is 3.64. The average molecular weight is 255 g/mol. The molecule has 1 rings (SSSR count). The van der Waals surface area contributed by atoms with Crippen LogP contribution in [0.3, 0.4) is 0 Å². The number of alkyl halides is 5. The number of pyridine rings is 1. The zero-order valence-corrected chi connectivity index (χ0v) is 8.39. The monoisotopic (exact) mass is 255 g/mol. The van der Waals surface area contributed by atoms with Crippen LogP contribution in [-0.4, -0.2) is 18.4 Å². The molecule has 0 aromatic carbocycles. The highest BCUT2D eigenvalue weighted by Gasteiger charge is 2.38. The zero-order chi connectivity index (χ0) is 13.2. The van der Waals surface area contributed by atoms with E-state index in [2.05, 4.69) is 9.72 Å². The maximum absolute atomic E-state index is 12.4. The first-order chi connectivity index (χ1) is 7.82. The molecule has 0 spiro atoms. The number of halogens is 5. The molecule has 0 atom stereocenters. The van der Waals surface area contributed by atoms with Crippen LogP contribution >= 0.6 is 0 Å². The summed E-state index contributed by atoms with van der Waals surface area (Å²) in [7, 11) is 0.842. The second kappa shape index (κ2) is 4.64. The molecule has 0 bridgehead atoms. The van der Waals surface area contributed by atoms with Gasteiger partial charge in [-0.05, 0) is 0 Å². The maximum atomic E-state index is 12.4. The molecule has 17 heavy (non-hydrogen) atoms. The molecule has 0 aliphatic carbocycles. The van der Waals surface area contributed by atoms with E-state index in [1.807, 2.05) is 0 Å². The molecule has 0 saturated carbocycles. The van der Waals surface area contributed by atoms with Gasteiger partial charge in [-0.15, -0.1) is 0 Å². The normalized spacial score (nSPS) is 11.7. The Morgan fingerprint density at radius 2 is 2.00 bits per heavy atom. The van der Waals surface area contributed by atoms with Crippen molar-refractivity contribution in [3.8, 4) is 5.75 Å². The summed E-state index contributed by atoms with van der Waals surface area (Å²) in [6.07, 6.45) is -7.79. The number of rotatable bonds is 3. The lowest BCUT2D eigenvalue weighted by atomic mass is 10.1. The van der Waals surface area contributed by atoms with Crippen molar-refractivity contribution in [3.63, 3.8) is 0 Å². The van der Waals surface area contributed by atoms with Crippen LogP contribution in [0.15, 0.2) is 6.20 Å². The highest BCUT2D eigenvalue weighted by molar-refractivity contribution is 5.82. The third kappa shape index (κ3) is 2.51. The number of ether oxygens (including phenoxy) is 1. The Labute approximate surface area is 92.2 Å². The third-order valence-corrected chi connectivity index (χ3v) is 1.93. The average Bonchev–Trinajstić information content (AvgIpc) is 2.25. The van der Waals surface area contributed by atoms with Crippen molar-refractivity contribution < 1.29 is 31.5 Å². The molecule has 0 aliphatic rings. The summed E-state index contributed by atoms with van der Waals surface area (Å²) < 4.78 is 66.5. The van der Waals surface area contributed by atoms with Crippen LogP contribution in [-0.2, 0) is 6.18 Å². The molecule has 0 saturated heterocycles. The SMILES string of the molecule is COc1c(C(F)(F)F)ncc(C(F)F)c1C=O. The molecule has 0 N–H and O–H groups in total. The van der Waals surface area contributed by atoms with E-state index in [4.69, 9.17) is 0 Å². The predicted octanol–water partition coefficient (Wildman–Crippen LogP) is 2.86. The largest absolute Gasteiger partial charge is 0.494 e. The number of methoxy groups -OCH3 is 1. The van der Waals surface area contributed by atoms with E-state index >= 15 is 0 Å². The molecule has 94 valence electrons. The summed E-state index contributed by atoms with van der Waals surface area (Å²) in [4.78, 5) is 13.4. The Morgan fingerprint density at radius 3 is 2.35 bits per heavy atom. The van der Waals surface area contributed by atoms with Crippen LogP contribution in [0, 0.1) is 0 Å². The fourth-order valence-corrected chi connectivity index (χ4v) is 1.22. The summed E-state index contributed by atoms with van der Waals surface area (Å²) in [5, 5.41) is 0. The number of aldehydes is 1. The van der Waals surface area contributed by atoms with Crippen molar-refractivity contribution in [1.29, 1.82) is 0 Å². The molecule has 0 radical (unpaired) electrons. The van der Waals surface area contributed by atoms with Crippen molar-refractivity contribution >= 4 is 6.29 Å². The van der Waals surface area contributed by atoms with Gasteiger partial charge in [0.1, 0.15) is 0 Å². The minimum absolute atomic E-state index is 0.114. The van der Waals surface area contributed by atoms with Crippen molar-refractivity contribution in [2.75, 3.05) is 7.11 Å².